The predicted octanol–water partition coefficient (Wildman–Crippen LogP) is -3.25. The maximum atomic E-state index is 11.5. The summed E-state index contributed by atoms with van der Waals surface area (Å²) >= 11 is 0. The lowest BCUT2D eigenvalue weighted by molar-refractivity contribution is -0.446. The zero-order chi connectivity index (χ0) is 12.3. The first-order valence-corrected chi connectivity index (χ1v) is 5.10. The zero-order valence-corrected chi connectivity index (χ0v) is 9.24. The molecule has 0 aromatic carbocycles. The summed E-state index contributed by atoms with van der Waals surface area (Å²) in [6.07, 6.45) is 1.22. The highest BCUT2D eigenvalue weighted by atomic mass is 16.3. The molecule has 2 rings (SSSR count). The van der Waals surface area contributed by atoms with Gasteiger partial charge in [-0.05, 0) is 6.92 Å². The van der Waals surface area contributed by atoms with Gasteiger partial charge in [-0.1, -0.05) is 0 Å². The van der Waals surface area contributed by atoms with Crippen LogP contribution in [-0.2, 0) is 0 Å². The molecule has 0 fully saturated rings. The van der Waals surface area contributed by atoms with E-state index in [2.05, 4.69) is 30.8 Å². The van der Waals surface area contributed by atoms with Gasteiger partial charge < -0.3 is 10.1 Å². The Morgan fingerprint density at radius 3 is 3.12 bits per heavy atom. The summed E-state index contributed by atoms with van der Waals surface area (Å²) in [5.74, 6) is 0.678. The van der Waals surface area contributed by atoms with Crippen LogP contribution in [0.4, 0.5) is 0 Å². The van der Waals surface area contributed by atoms with Crippen LogP contribution in [-0.4, -0.2) is 40.3 Å². The van der Waals surface area contributed by atoms with E-state index in [4.69, 9.17) is 0 Å². The maximum Gasteiger partial charge on any atom is 0.367 e. The standard InChI is InChI=1S/C9H12N6O2/c1-5-13-7(16)6(8(17)14-5)4-12-15-9-10-2-3-11-9/h4H,2-3H2,1H3,(H2,10,11,15)(H2,13,14,16,17)/p+1/b12-4+. The summed E-state index contributed by atoms with van der Waals surface area (Å²) in [4.78, 5) is 20.7. The van der Waals surface area contributed by atoms with Gasteiger partial charge in [0.05, 0.1) is 19.3 Å². The second-order valence-corrected chi connectivity index (χ2v) is 3.49. The van der Waals surface area contributed by atoms with E-state index in [9.17, 15) is 9.90 Å². The van der Waals surface area contributed by atoms with E-state index in [-0.39, 0.29) is 11.4 Å². The van der Waals surface area contributed by atoms with E-state index in [1.54, 1.807) is 6.92 Å². The number of guanidine groups is 1. The molecule has 1 aliphatic heterocycles. The Kier molecular flexibility index (Phi) is 3.03. The van der Waals surface area contributed by atoms with Crippen LogP contribution in [0, 0.1) is 6.92 Å². The van der Waals surface area contributed by atoms with Gasteiger partial charge in [0, 0.05) is 0 Å². The van der Waals surface area contributed by atoms with Crippen molar-refractivity contribution in [2.24, 2.45) is 5.10 Å². The van der Waals surface area contributed by atoms with Gasteiger partial charge >= 0.3 is 5.96 Å². The van der Waals surface area contributed by atoms with Crippen LogP contribution in [0.1, 0.15) is 11.4 Å². The average Bonchev–Trinajstić information content (AvgIpc) is 2.74. The normalized spacial score (nSPS) is 14.8. The summed E-state index contributed by atoms with van der Waals surface area (Å²) in [7, 11) is 0. The van der Waals surface area contributed by atoms with Gasteiger partial charge in [0.1, 0.15) is 11.4 Å². The average molecular weight is 237 g/mol. The SMILES string of the molecule is Cc1nc(O)c(/C=N/NC2=[NH+]CCN2)c(=O)[nH]1. The van der Waals surface area contributed by atoms with Gasteiger partial charge in [0.25, 0.3) is 5.56 Å². The number of nitrogens with zero attached hydrogens (tertiary/aromatic N) is 2. The van der Waals surface area contributed by atoms with Crippen molar-refractivity contribution in [1.82, 2.24) is 20.7 Å². The molecule has 8 heteroatoms. The second kappa shape index (κ2) is 4.64. The fraction of sp³-hybridized carbons (Fsp3) is 0.333. The van der Waals surface area contributed by atoms with Crippen LogP contribution in [0.5, 0.6) is 5.88 Å². The monoisotopic (exact) mass is 237 g/mol. The van der Waals surface area contributed by atoms with Gasteiger partial charge in [-0.15, -0.1) is 5.10 Å². The number of hydrogen-bond donors (Lipinski definition) is 5. The quantitative estimate of drug-likeness (QED) is 0.273. The van der Waals surface area contributed by atoms with E-state index in [0.29, 0.717) is 11.8 Å². The number of hydrogen-bond acceptors (Lipinski definition) is 6. The first kappa shape index (κ1) is 11.1. The van der Waals surface area contributed by atoms with Crippen molar-refractivity contribution in [3.63, 3.8) is 0 Å². The highest BCUT2D eigenvalue weighted by Gasteiger charge is 2.10. The lowest BCUT2D eigenvalue weighted by Gasteiger charge is -1.97. The molecule has 2 heterocycles. The Balaban J connectivity index is 2.13. The fourth-order valence-corrected chi connectivity index (χ4v) is 1.37. The number of hydrazone groups is 1. The number of aromatic hydroxyl groups is 1. The molecule has 0 atom stereocenters. The molecule has 0 saturated heterocycles. The molecular formula is C9H13N6O2+. The summed E-state index contributed by atoms with van der Waals surface area (Å²) < 4.78 is 0. The Bertz CT molecular complexity index is 533. The molecule has 1 aromatic rings. The van der Waals surface area contributed by atoms with Gasteiger partial charge in [-0.25, -0.2) is 4.98 Å². The van der Waals surface area contributed by atoms with Crippen molar-refractivity contribution in [3.05, 3.63) is 21.7 Å². The number of nitrogens with one attached hydrogen (secondary N) is 4. The molecule has 0 bridgehead atoms. The number of aromatic amines is 1. The molecule has 5 N–H and O–H groups in total. The van der Waals surface area contributed by atoms with Gasteiger partial charge in [-0.3, -0.25) is 15.1 Å². The van der Waals surface area contributed by atoms with Crippen molar-refractivity contribution < 1.29 is 10.1 Å². The van der Waals surface area contributed by atoms with Crippen LogP contribution in [0.3, 0.4) is 0 Å². The Morgan fingerprint density at radius 2 is 2.47 bits per heavy atom. The molecule has 0 radical (unpaired) electrons. The van der Waals surface area contributed by atoms with Crippen LogP contribution in [0.15, 0.2) is 9.90 Å². The molecule has 0 amide bonds. The Labute approximate surface area is 96.5 Å². The molecule has 0 aliphatic carbocycles. The van der Waals surface area contributed by atoms with Crippen LogP contribution in [0.2, 0.25) is 0 Å². The van der Waals surface area contributed by atoms with Gasteiger partial charge in [0.15, 0.2) is 0 Å². The van der Waals surface area contributed by atoms with E-state index in [0.717, 1.165) is 13.1 Å². The molecule has 1 aliphatic rings. The number of rotatable bonds is 2. The fourth-order valence-electron chi connectivity index (χ4n) is 1.37. The minimum Gasteiger partial charge on any atom is -0.493 e. The van der Waals surface area contributed by atoms with Crippen molar-refractivity contribution in [2.75, 3.05) is 13.1 Å². The molecule has 1 aromatic heterocycles. The van der Waals surface area contributed by atoms with Gasteiger partial charge in [-0.2, -0.15) is 5.43 Å². The third-order valence-electron chi connectivity index (χ3n) is 2.15. The van der Waals surface area contributed by atoms with Crippen LogP contribution in [0.25, 0.3) is 0 Å². The van der Waals surface area contributed by atoms with E-state index < -0.39 is 5.56 Å². The maximum absolute atomic E-state index is 11.5. The molecule has 0 unspecified atom stereocenters. The van der Waals surface area contributed by atoms with Crippen LogP contribution >= 0.6 is 0 Å². The molecule has 17 heavy (non-hydrogen) atoms. The summed E-state index contributed by atoms with van der Waals surface area (Å²) in [6, 6.07) is 0. The lowest BCUT2D eigenvalue weighted by atomic mass is 10.3. The number of H-pyrrole nitrogens is 1. The molecule has 8 nitrogen and oxygen atoms in total. The highest BCUT2D eigenvalue weighted by molar-refractivity contribution is 5.83. The van der Waals surface area contributed by atoms with E-state index in [1.165, 1.54) is 6.21 Å². The third kappa shape index (κ3) is 2.60. The van der Waals surface area contributed by atoms with Crippen molar-refractivity contribution in [3.8, 4) is 5.88 Å². The third-order valence-corrected chi connectivity index (χ3v) is 2.15. The molecule has 0 saturated carbocycles. The van der Waals surface area contributed by atoms with E-state index >= 15 is 0 Å². The molecule has 90 valence electrons. The Morgan fingerprint density at radius 1 is 1.65 bits per heavy atom. The van der Waals surface area contributed by atoms with Gasteiger partial charge in [0.2, 0.25) is 5.88 Å². The minimum absolute atomic E-state index is 0.0155. The molecular weight excluding hydrogens is 224 g/mol. The first-order chi connectivity index (χ1) is 8.16. The zero-order valence-electron chi connectivity index (χ0n) is 9.24. The second-order valence-electron chi connectivity index (χ2n) is 3.49. The summed E-state index contributed by atoms with van der Waals surface area (Å²) in [6.45, 7) is 3.22. The first-order valence-electron chi connectivity index (χ1n) is 5.10. The largest absolute Gasteiger partial charge is 0.493 e. The highest BCUT2D eigenvalue weighted by Crippen LogP contribution is 2.04. The topological polar surface area (TPSA) is 116 Å². The van der Waals surface area contributed by atoms with Crippen molar-refractivity contribution >= 4 is 12.2 Å². The Hall–Kier alpha value is -2.38. The summed E-state index contributed by atoms with van der Waals surface area (Å²) in [5, 5.41) is 16.3. The smallest absolute Gasteiger partial charge is 0.367 e. The lowest BCUT2D eigenvalue weighted by Crippen LogP contribution is -2.73. The number of aromatic nitrogens is 2. The van der Waals surface area contributed by atoms with E-state index in [1.807, 2.05) is 0 Å². The molecule has 0 spiro atoms. The van der Waals surface area contributed by atoms with Crippen molar-refractivity contribution in [1.29, 1.82) is 0 Å². The predicted molar refractivity (Wildman–Crippen MR) is 60.8 cm³/mol. The number of aryl methyl sites for hydroxylation is 1. The summed E-state index contributed by atoms with van der Waals surface area (Å²) in [5.41, 5.74) is 2.25. The minimum atomic E-state index is -0.433. The van der Waals surface area contributed by atoms with Crippen LogP contribution < -0.4 is 21.3 Å². The van der Waals surface area contributed by atoms with Crippen molar-refractivity contribution in [2.45, 2.75) is 6.92 Å².